The van der Waals surface area contributed by atoms with Gasteiger partial charge in [0.1, 0.15) is 10.7 Å². The van der Waals surface area contributed by atoms with Crippen molar-refractivity contribution in [3.8, 4) is 0 Å². The number of halogens is 1. The van der Waals surface area contributed by atoms with Crippen LogP contribution in [-0.4, -0.2) is 21.7 Å². The van der Waals surface area contributed by atoms with E-state index >= 15 is 0 Å². The van der Waals surface area contributed by atoms with Crippen LogP contribution in [0.5, 0.6) is 0 Å². The summed E-state index contributed by atoms with van der Waals surface area (Å²) in [4.78, 5) is 10.5. The van der Waals surface area contributed by atoms with Gasteiger partial charge in [0.2, 0.25) is 0 Å². The predicted molar refractivity (Wildman–Crippen MR) is 75.7 cm³/mol. The summed E-state index contributed by atoms with van der Waals surface area (Å²) < 4.78 is 0. The third-order valence-corrected chi connectivity index (χ3v) is 2.90. The number of H-pyrrole nitrogens is 1. The number of aromatic amines is 1. The van der Waals surface area contributed by atoms with Gasteiger partial charge in [0, 0.05) is 24.1 Å². The van der Waals surface area contributed by atoms with Gasteiger partial charge in [0.25, 0.3) is 5.69 Å². The SMILES string of the molecule is CC(C)=CCNc1cc([N+](=O)[O-])cc2c(Cl)[nH]nc12. The van der Waals surface area contributed by atoms with Crippen molar-refractivity contribution in [1.29, 1.82) is 0 Å². The molecule has 2 rings (SSSR count). The molecular formula is C12H13ClN4O2. The topological polar surface area (TPSA) is 83.9 Å². The van der Waals surface area contributed by atoms with Crippen LogP contribution in [-0.2, 0) is 0 Å². The van der Waals surface area contributed by atoms with Crippen LogP contribution in [0.1, 0.15) is 13.8 Å². The van der Waals surface area contributed by atoms with Gasteiger partial charge in [-0.1, -0.05) is 23.3 Å². The van der Waals surface area contributed by atoms with Gasteiger partial charge in [-0.05, 0) is 13.8 Å². The average Bonchev–Trinajstić information content (AvgIpc) is 2.71. The molecule has 0 unspecified atom stereocenters. The summed E-state index contributed by atoms with van der Waals surface area (Å²) in [5, 5.41) is 21.5. The highest BCUT2D eigenvalue weighted by molar-refractivity contribution is 6.34. The number of hydrogen-bond donors (Lipinski definition) is 2. The maximum absolute atomic E-state index is 10.9. The molecule has 19 heavy (non-hydrogen) atoms. The van der Waals surface area contributed by atoms with Crippen LogP contribution in [0.4, 0.5) is 11.4 Å². The maximum atomic E-state index is 10.9. The molecule has 0 saturated carbocycles. The van der Waals surface area contributed by atoms with Crippen molar-refractivity contribution in [3.63, 3.8) is 0 Å². The number of nitrogens with zero attached hydrogens (tertiary/aromatic N) is 2. The highest BCUT2D eigenvalue weighted by Gasteiger charge is 2.15. The van der Waals surface area contributed by atoms with Crippen LogP contribution in [0.15, 0.2) is 23.8 Å². The minimum atomic E-state index is -0.450. The average molecular weight is 281 g/mol. The molecule has 0 aliphatic carbocycles. The number of fused-ring (bicyclic) bond motifs is 1. The first-order valence-corrected chi connectivity index (χ1v) is 6.06. The van der Waals surface area contributed by atoms with Crippen molar-refractivity contribution in [3.05, 3.63) is 39.0 Å². The number of nitrogens with one attached hydrogen (secondary N) is 2. The highest BCUT2D eigenvalue weighted by Crippen LogP contribution is 2.31. The van der Waals surface area contributed by atoms with E-state index in [1.54, 1.807) is 0 Å². The fraction of sp³-hybridized carbons (Fsp3) is 0.250. The van der Waals surface area contributed by atoms with E-state index in [4.69, 9.17) is 11.6 Å². The minimum Gasteiger partial charge on any atom is -0.380 e. The Morgan fingerprint density at radius 2 is 2.32 bits per heavy atom. The van der Waals surface area contributed by atoms with Gasteiger partial charge >= 0.3 is 0 Å². The Balaban J connectivity index is 2.45. The van der Waals surface area contributed by atoms with E-state index < -0.39 is 4.92 Å². The number of non-ortho nitro benzene ring substituents is 1. The number of hydrogen-bond acceptors (Lipinski definition) is 4. The summed E-state index contributed by atoms with van der Waals surface area (Å²) in [6, 6.07) is 2.87. The standard InChI is InChI=1S/C12H13ClN4O2/c1-7(2)3-4-14-10-6-8(17(18)19)5-9-11(10)15-16-12(9)13/h3,5-6,14H,4H2,1-2H3,(H,15,16). The van der Waals surface area contributed by atoms with Crippen LogP contribution in [0.3, 0.4) is 0 Å². The van der Waals surface area contributed by atoms with E-state index in [9.17, 15) is 10.1 Å². The molecule has 2 N–H and O–H groups in total. The molecule has 0 saturated heterocycles. The maximum Gasteiger partial charge on any atom is 0.272 e. The first-order chi connectivity index (χ1) is 8.99. The molecular weight excluding hydrogens is 268 g/mol. The summed E-state index contributed by atoms with van der Waals surface area (Å²) >= 11 is 5.93. The Morgan fingerprint density at radius 1 is 1.58 bits per heavy atom. The van der Waals surface area contributed by atoms with Crippen molar-refractivity contribution < 1.29 is 4.92 Å². The van der Waals surface area contributed by atoms with E-state index in [1.807, 2.05) is 19.9 Å². The third-order valence-electron chi connectivity index (χ3n) is 2.61. The van der Waals surface area contributed by atoms with Crippen molar-refractivity contribution in [2.75, 3.05) is 11.9 Å². The Hall–Kier alpha value is -2.08. The predicted octanol–water partition coefficient (Wildman–Crippen LogP) is 3.50. The van der Waals surface area contributed by atoms with Crippen LogP contribution in [0.25, 0.3) is 10.9 Å². The number of allylic oxidation sites excluding steroid dienone is 1. The molecule has 0 aliphatic heterocycles. The quantitative estimate of drug-likeness (QED) is 0.510. The molecule has 1 heterocycles. The molecule has 0 atom stereocenters. The Kier molecular flexibility index (Phi) is 3.71. The number of nitro groups is 1. The Morgan fingerprint density at radius 3 is 2.95 bits per heavy atom. The molecule has 0 radical (unpaired) electrons. The molecule has 0 aliphatic rings. The smallest absolute Gasteiger partial charge is 0.272 e. The molecule has 0 bridgehead atoms. The first-order valence-electron chi connectivity index (χ1n) is 5.68. The summed E-state index contributed by atoms with van der Waals surface area (Å²) in [6.45, 7) is 4.54. The summed E-state index contributed by atoms with van der Waals surface area (Å²) in [5.74, 6) is 0. The van der Waals surface area contributed by atoms with E-state index in [-0.39, 0.29) is 5.69 Å². The molecule has 0 amide bonds. The number of nitro benzene ring substituents is 1. The Labute approximate surface area is 114 Å². The lowest BCUT2D eigenvalue weighted by Crippen LogP contribution is -2.00. The van der Waals surface area contributed by atoms with E-state index in [2.05, 4.69) is 15.5 Å². The van der Waals surface area contributed by atoms with Crippen LogP contribution < -0.4 is 5.32 Å². The van der Waals surface area contributed by atoms with Gasteiger partial charge in [-0.2, -0.15) is 5.10 Å². The normalized spacial score (nSPS) is 10.5. The molecule has 0 fully saturated rings. The lowest BCUT2D eigenvalue weighted by atomic mass is 10.2. The van der Waals surface area contributed by atoms with Crippen molar-refractivity contribution in [1.82, 2.24) is 10.2 Å². The van der Waals surface area contributed by atoms with Gasteiger partial charge in [-0.3, -0.25) is 15.2 Å². The van der Waals surface area contributed by atoms with Gasteiger partial charge in [0.05, 0.1) is 10.6 Å². The number of aromatic nitrogens is 2. The van der Waals surface area contributed by atoms with E-state index in [0.29, 0.717) is 28.3 Å². The zero-order valence-corrected chi connectivity index (χ0v) is 11.3. The summed E-state index contributed by atoms with van der Waals surface area (Å²) in [5.41, 5.74) is 2.33. The molecule has 7 heteroatoms. The first kappa shape index (κ1) is 13.4. The van der Waals surface area contributed by atoms with Crippen LogP contribution in [0, 0.1) is 10.1 Å². The van der Waals surface area contributed by atoms with Gasteiger partial charge in [-0.15, -0.1) is 0 Å². The van der Waals surface area contributed by atoms with E-state index in [1.165, 1.54) is 12.1 Å². The second-order valence-corrected chi connectivity index (χ2v) is 4.72. The zero-order chi connectivity index (χ0) is 14.0. The lowest BCUT2D eigenvalue weighted by Gasteiger charge is -2.05. The molecule has 100 valence electrons. The van der Waals surface area contributed by atoms with Gasteiger partial charge in [-0.25, -0.2) is 0 Å². The fourth-order valence-electron chi connectivity index (χ4n) is 1.68. The lowest BCUT2D eigenvalue weighted by molar-refractivity contribution is -0.384. The van der Waals surface area contributed by atoms with Crippen LogP contribution in [0.2, 0.25) is 5.15 Å². The number of benzene rings is 1. The second-order valence-electron chi connectivity index (χ2n) is 4.35. The monoisotopic (exact) mass is 280 g/mol. The summed E-state index contributed by atoms with van der Waals surface area (Å²) in [6.07, 6.45) is 1.99. The minimum absolute atomic E-state index is 0.0181. The van der Waals surface area contributed by atoms with Gasteiger partial charge in [0.15, 0.2) is 0 Å². The van der Waals surface area contributed by atoms with Crippen LogP contribution >= 0.6 is 11.6 Å². The third kappa shape index (κ3) is 2.85. The molecule has 0 spiro atoms. The Bertz CT molecular complexity index is 659. The fourth-order valence-corrected chi connectivity index (χ4v) is 1.86. The zero-order valence-electron chi connectivity index (χ0n) is 10.5. The van der Waals surface area contributed by atoms with Crippen molar-refractivity contribution >= 4 is 33.9 Å². The second kappa shape index (κ2) is 5.27. The molecule has 1 aromatic carbocycles. The highest BCUT2D eigenvalue weighted by atomic mass is 35.5. The van der Waals surface area contributed by atoms with Crippen molar-refractivity contribution in [2.45, 2.75) is 13.8 Å². The molecule has 2 aromatic rings. The van der Waals surface area contributed by atoms with Gasteiger partial charge < -0.3 is 5.32 Å². The molecule has 1 aromatic heterocycles. The summed E-state index contributed by atoms with van der Waals surface area (Å²) in [7, 11) is 0. The molecule has 6 nitrogen and oxygen atoms in total. The van der Waals surface area contributed by atoms with E-state index in [0.717, 1.165) is 5.57 Å². The number of anilines is 1. The largest absolute Gasteiger partial charge is 0.380 e. The van der Waals surface area contributed by atoms with Crippen molar-refractivity contribution in [2.24, 2.45) is 0 Å². The number of rotatable bonds is 4.